The molecule has 0 aliphatic rings. The second kappa shape index (κ2) is 21.1. The van der Waals surface area contributed by atoms with Crippen molar-refractivity contribution in [3.05, 3.63) is 212 Å². The number of azo groups is 2. The number of nitrogens with one attached hydrogen (secondary N) is 4. The van der Waals surface area contributed by atoms with Crippen molar-refractivity contribution in [1.29, 1.82) is 0 Å². The lowest BCUT2D eigenvalue weighted by atomic mass is 10.00. The molecule has 0 fully saturated rings. The molecule has 0 aromatic heterocycles. The number of carbonyl (C=O) groups excluding carboxylic acids is 4. The Morgan fingerprint density at radius 1 is 0.361 bits per heavy atom. The normalized spacial score (nSPS) is 11.3. The van der Waals surface area contributed by atoms with Crippen molar-refractivity contribution in [1.82, 2.24) is 0 Å². The third kappa shape index (κ3) is 10.6. The molecule has 9 aromatic carbocycles. The number of aromatic hydroxyl groups is 2. The number of rotatable bonds is 12. The van der Waals surface area contributed by atoms with Gasteiger partial charge >= 0.3 is 0 Å². The topological polar surface area (TPSA) is 206 Å². The van der Waals surface area contributed by atoms with Crippen molar-refractivity contribution in [2.75, 3.05) is 21.3 Å². The molecule has 9 rings (SSSR count). The van der Waals surface area contributed by atoms with E-state index in [9.17, 15) is 29.4 Å². The first-order valence-electron chi connectivity index (χ1n) is 21.6. The maximum absolute atomic E-state index is 13.7. The van der Waals surface area contributed by atoms with E-state index in [1.165, 1.54) is 24.3 Å². The number of fused-ring (bicyclic) bond motifs is 2. The molecule has 0 atom stereocenters. The van der Waals surface area contributed by atoms with Gasteiger partial charge < -0.3 is 31.5 Å². The molecule has 18 heteroatoms. The van der Waals surface area contributed by atoms with E-state index in [0.29, 0.717) is 65.7 Å². The van der Waals surface area contributed by atoms with Gasteiger partial charge in [0, 0.05) is 21.9 Å². The Bertz CT molecular complexity index is 3480. The summed E-state index contributed by atoms with van der Waals surface area (Å²) in [5.41, 5.74) is 2.00. The summed E-state index contributed by atoms with van der Waals surface area (Å²) in [4.78, 5) is 54.2. The zero-order valence-electron chi connectivity index (χ0n) is 37.0. The number of anilines is 4. The van der Waals surface area contributed by atoms with Crippen LogP contribution in [0.25, 0.3) is 21.5 Å². The van der Waals surface area contributed by atoms with Crippen molar-refractivity contribution < 1.29 is 29.4 Å². The van der Waals surface area contributed by atoms with E-state index in [1.807, 2.05) is 0 Å². The van der Waals surface area contributed by atoms with E-state index in [0.717, 1.165) is 0 Å². The molecule has 6 N–H and O–H groups in total. The van der Waals surface area contributed by atoms with Crippen molar-refractivity contribution >= 4 is 137 Å². The van der Waals surface area contributed by atoms with Crippen LogP contribution in [0.2, 0.25) is 20.1 Å². The number of halogens is 4. The maximum atomic E-state index is 13.7. The molecule has 14 nitrogen and oxygen atoms in total. The van der Waals surface area contributed by atoms with Gasteiger partial charge in [0.2, 0.25) is 0 Å². The second-order valence-electron chi connectivity index (χ2n) is 15.8. The van der Waals surface area contributed by atoms with Gasteiger partial charge in [0.15, 0.2) is 11.5 Å². The van der Waals surface area contributed by atoms with E-state index in [1.54, 1.807) is 146 Å². The Morgan fingerprint density at radius 2 is 0.667 bits per heavy atom. The Morgan fingerprint density at radius 3 is 0.986 bits per heavy atom. The van der Waals surface area contributed by atoms with Crippen LogP contribution in [0.4, 0.5) is 45.5 Å². The quantitative estimate of drug-likeness (QED) is 0.0656. The average molecular weight is 1030 g/mol. The number of amides is 4. The summed E-state index contributed by atoms with van der Waals surface area (Å²) >= 11 is 25.2. The van der Waals surface area contributed by atoms with E-state index in [-0.39, 0.29) is 43.7 Å². The van der Waals surface area contributed by atoms with Crippen molar-refractivity contribution in [2.45, 2.75) is 0 Å². The maximum Gasteiger partial charge on any atom is 0.259 e. The highest BCUT2D eigenvalue weighted by atomic mass is 35.5. The van der Waals surface area contributed by atoms with Crippen molar-refractivity contribution in [3.63, 3.8) is 0 Å². The van der Waals surface area contributed by atoms with Gasteiger partial charge in [-0.15, -0.1) is 10.2 Å². The lowest BCUT2D eigenvalue weighted by Crippen LogP contribution is -2.13. The number of hydrogen-bond donors (Lipinski definition) is 6. The summed E-state index contributed by atoms with van der Waals surface area (Å²) in [6.07, 6.45) is 0. The summed E-state index contributed by atoms with van der Waals surface area (Å²) < 4.78 is 0. The van der Waals surface area contributed by atoms with E-state index in [4.69, 9.17) is 46.4 Å². The number of carbonyl (C=O) groups is 4. The van der Waals surface area contributed by atoms with Gasteiger partial charge in [0.1, 0.15) is 11.4 Å². The lowest BCUT2D eigenvalue weighted by Gasteiger charge is -2.13. The summed E-state index contributed by atoms with van der Waals surface area (Å²) in [6, 6.07) is 45.2. The first kappa shape index (κ1) is 48.4. The minimum atomic E-state index is -0.704. The molecule has 4 amide bonds. The summed E-state index contributed by atoms with van der Waals surface area (Å²) in [5.74, 6) is -3.33. The zero-order chi connectivity index (χ0) is 50.5. The molecule has 0 bridgehead atoms. The molecule has 72 heavy (non-hydrogen) atoms. The first-order valence-corrected chi connectivity index (χ1v) is 23.1. The Labute approximate surface area is 429 Å². The number of phenols is 2. The van der Waals surface area contributed by atoms with Crippen LogP contribution in [0.3, 0.4) is 0 Å². The molecular weight excluding hydrogens is 998 g/mol. The van der Waals surface area contributed by atoms with Crippen molar-refractivity contribution in [2.24, 2.45) is 20.5 Å². The number of phenolic OH excluding ortho intramolecular Hbond substituents is 2. The van der Waals surface area contributed by atoms with Crippen LogP contribution in [-0.4, -0.2) is 33.8 Å². The molecule has 0 aliphatic heterocycles. The SMILES string of the molecule is O=C(Nc1ccccc1Cl)c1ccc2c(N=Nc3ccc(N=Nc4c(O)c(C(=O)Nc5ccccc5Cl)cc5cc(C(=O)Nc6ccccc6Cl)ccc45)cc3)c(O)c(C(=O)Nc3ccccc3Cl)cc2c1. The lowest BCUT2D eigenvalue weighted by molar-refractivity contribution is 0.101. The van der Waals surface area contributed by atoms with Crippen LogP contribution in [0.5, 0.6) is 11.5 Å². The molecule has 0 heterocycles. The Kier molecular flexibility index (Phi) is 14.2. The number of benzene rings is 9. The highest BCUT2D eigenvalue weighted by Gasteiger charge is 2.23. The minimum absolute atomic E-state index is 0.0658. The van der Waals surface area contributed by atoms with Crippen LogP contribution in [0, 0.1) is 0 Å². The zero-order valence-corrected chi connectivity index (χ0v) is 40.0. The van der Waals surface area contributed by atoms with E-state index >= 15 is 0 Å². The van der Waals surface area contributed by atoms with Gasteiger partial charge in [-0.2, -0.15) is 10.2 Å². The monoisotopic (exact) mass is 1030 g/mol. The molecular formula is C54H34Cl4N8O6. The number of nitrogens with zero attached hydrogens (tertiary/aromatic N) is 4. The van der Waals surface area contributed by atoms with Crippen LogP contribution in [0.15, 0.2) is 190 Å². The second-order valence-corrected chi connectivity index (χ2v) is 17.4. The predicted molar refractivity (Wildman–Crippen MR) is 284 cm³/mol. The van der Waals surface area contributed by atoms with E-state index in [2.05, 4.69) is 41.7 Å². The fourth-order valence-corrected chi connectivity index (χ4v) is 8.14. The predicted octanol–water partition coefficient (Wildman–Crippen LogP) is 15.9. The van der Waals surface area contributed by atoms with Crippen LogP contribution in [-0.2, 0) is 0 Å². The first-order chi connectivity index (χ1) is 34.8. The fraction of sp³-hybridized carbons (Fsp3) is 0. The molecule has 354 valence electrons. The highest BCUT2D eigenvalue weighted by Crippen LogP contribution is 2.43. The standard InChI is InChI=1S/C54H34Cl4N8O6/c55-39-9-1-5-13-43(39)59-51(69)29-17-23-35-31(25-29)27-37(53(71)61-45-15-7-3-11-41(45)57)49(67)47(35)65-63-33-19-21-34(22-20-33)64-66-48-36-24-18-30(52(70)60-44-14-6-2-10-40(44)56)26-32(36)28-38(50(48)68)54(72)62-46-16-8-4-12-42(46)58/h1-28,67-68H,(H,59,69)(H,60,70)(H,61,71)(H,62,72). The van der Waals surface area contributed by atoms with Crippen LogP contribution in [0.1, 0.15) is 41.4 Å². The minimum Gasteiger partial charge on any atom is -0.505 e. The fourth-order valence-electron chi connectivity index (χ4n) is 7.40. The van der Waals surface area contributed by atoms with Crippen LogP contribution < -0.4 is 21.3 Å². The van der Waals surface area contributed by atoms with Gasteiger partial charge in [-0.05, 0) is 120 Å². The van der Waals surface area contributed by atoms with Gasteiger partial charge in [0.05, 0.1) is 65.3 Å². The van der Waals surface area contributed by atoms with Gasteiger partial charge in [-0.25, -0.2) is 0 Å². The number of para-hydroxylation sites is 4. The summed E-state index contributed by atoms with van der Waals surface area (Å²) in [6.45, 7) is 0. The molecule has 0 aliphatic carbocycles. The molecule has 0 spiro atoms. The molecule has 9 aromatic rings. The van der Waals surface area contributed by atoms with Crippen molar-refractivity contribution in [3.8, 4) is 11.5 Å². The smallest absolute Gasteiger partial charge is 0.259 e. The molecule has 0 radical (unpaired) electrons. The molecule has 0 saturated heterocycles. The molecule has 0 saturated carbocycles. The molecule has 0 unspecified atom stereocenters. The summed E-state index contributed by atoms with van der Waals surface area (Å²) in [7, 11) is 0. The summed E-state index contributed by atoms with van der Waals surface area (Å²) in [5, 5.41) is 54.4. The Hall–Kier alpha value is -8.66. The number of hydrogen-bond acceptors (Lipinski definition) is 10. The highest BCUT2D eigenvalue weighted by molar-refractivity contribution is 6.35. The van der Waals surface area contributed by atoms with Gasteiger partial charge in [-0.1, -0.05) is 107 Å². The largest absolute Gasteiger partial charge is 0.505 e. The van der Waals surface area contributed by atoms with Crippen LogP contribution >= 0.6 is 46.4 Å². The van der Waals surface area contributed by atoms with Gasteiger partial charge in [-0.3, -0.25) is 19.2 Å². The van der Waals surface area contributed by atoms with Gasteiger partial charge in [0.25, 0.3) is 23.6 Å². The third-order valence-corrected chi connectivity index (χ3v) is 12.4. The van der Waals surface area contributed by atoms with E-state index < -0.39 is 35.1 Å². The average Bonchev–Trinajstić information content (AvgIpc) is 3.38. The Balaban J connectivity index is 1.03. The third-order valence-electron chi connectivity index (χ3n) is 11.1.